The average molecular weight is 438 g/mol. The monoisotopic (exact) mass is 437 g/mol. The van der Waals surface area contributed by atoms with Gasteiger partial charge in [-0.15, -0.1) is 0 Å². The van der Waals surface area contributed by atoms with Gasteiger partial charge in [-0.3, -0.25) is 9.78 Å². The third-order valence-corrected chi connectivity index (χ3v) is 5.14. The first kappa shape index (κ1) is 20.6. The van der Waals surface area contributed by atoms with Gasteiger partial charge in [-0.25, -0.2) is 4.98 Å². The Bertz CT molecular complexity index is 1310. The quantitative estimate of drug-likeness (QED) is 0.462. The molecule has 0 bridgehead atoms. The molecule has 0 amide bonds. The van der Waals surface area contributed by atoms with Gasteiger partial charge in [0.2, 0.25) is 5.95 Å². The van der Waals surface area contributed by atoms with Crippen molar-refractivity contribution in [3.8, 4) is 11.5 Å². The number of nitrogens with zero attached hydrogens (tertiary/aromatic N) is 4. The Morgan fingerprint density at radius 2 is 1.84 bits per heavy atom. The molecule has 0 radical (unpaired) electrons. The van der Waals surface area contributed by atoms with E-state index in [9.17, 15) is 4.79 Å². The lowest BCUT2D eigenvalue weighted by Crippen LogP contribution is -2.18. The normalized spacial score (nSPS) is 10.9. The first-order chi connectivity index (χ1) is 15.0. The first-order valence-electron chi connectivity index (χ1n) is 9.46. The number of fused-ring (bicyclic) bond motifs is 1. The van der Waals surface area contributed by atoms with E-state index in [2.05, 4.69) is 15.0 Å². The van der Waals surface area contributed by atoms with Crippen LogP contribution in [0.4, 0.5) is 5.95 Å². The standard InChI is InChI=1S/C22H20ClN5O3/c1-30-16-9-15(25-10-17(16)31-2)12-28-11-14(8-13-6-4-3-5-7-13)19(29)18-20(23)26-22(24)27-21(18)28/h3-7,9-11H,8,12H2,1-2H3,(H2,24,26,27). The summed E-state index contributed by atoms with van der Waals surface area (Å²) < 4.78 is 12.4. The van der Waals surface area contributed by atoms with E-state index in [0.29, 0.717) is 41.4 Å². The molecule has 8 nitrogen and oxygen atoms in total. The highest BCUT2D eigenvalue weighted by molar-refractivity contribution is 6.34. The molecular weight excluding hydrogens is 418 g/mol. The minimum Gasteiger partial charge on any atom is -0.493 e. The van der Waals surface area contributed by atoms with Crippen molar-refractivity contribution >= 4 is 28.6 Å². The van der Waals surface area contributed by atoms with E-state index in [1.165, 1.54) is 0 Å². The Kier molecular flexibility index (Phi) is 5.73. The van der Waals surface area contributed by atoms with Gasteiger partial charge < -0.3 is 19.8 Å². The summed E-state index contributed by atoms with van der Waals surface area (Å²) in [5, 5.41) is 0.251. The number of nitrogen functional groups attached to an aromatic ring is 1. The summed E-state index contributed by atoms with van der Waals surface area (Å²) in [5.74, 6) is 1.06. The van der Waals surface area contributed by atoms with Crippen molar-refractivity contribution in [2.24, 2.45) is 0 Å². The van der Waals surface area contributed by atoms with Crippen molar-refractivity contribution in [3.05, 3.63) is 81.0 Å². The molecule has 0 saturated heterocycles. The molecule has 31 heavy (non-hydrogen) atoms. The predicted octanol–water partition coefficient (Wildman–Crippen LogP) is 3.08. The lowest BCUT2D eigenvalue weighted by Gasteiger charge is -2.15. The van der Waals surface area contributed by atoms with E-state index < -0.39 is 0 Å². The number of aromatic nitrogens is 4. The maximum Gasteiger partial charge on any atom is 0.223 e. The number of hydrogen-bond acceptors (Lipinski definition) is 7. The topological polar surface area (TPSA) is 105 Å². The number of ether oxygens (including phenoxy) is 2. The zero-order chi connectivity index (χ0) is 22.0. The van der Waals surface area contributed by atoms with Crippen molar-refractivity contribution in [2.75, 3.05) is 20.0 Å². The molecule has 0 aliphatic carbocycles. The molecule has 4 aromatic rings. The van der Waals surface area contributed by atoms with E-state index in [-0.39, 0.29) is 21.9 Å². The van der Waals surface area contributed by atoms with Crippen LogP contribution in [-0.2, 0) is 13.0 Å². The number of nitrogens with two attached hydrogens (primary N) is 1. The summed E-state index contributed by atoms with van der Waals surface area (Å²) in [6, 6.07) is 11.5. The lowest BCUT2D eigenvalue weighted by atomic mass is 10.1. The summed E-state index contributed by atoms with van der Waals surface area (Å²) in [4.78, 5) is 25.9. The third-order valence-electron chi connectivity index (χ3n) is 4.86. The van der Waals surface area contributed by atoms with Gasteiger partial charge in [0, 0.05) is 24.2 Å². The van der Waals surface area contributed by atoms with Crippen molar-refractivity contribution in [1.29, 1.82) is 0 Å². The molecule has 0 unspecified atom stereocenters. The van der Waals surface area contributed by atoms with Crippen LogP contribution in [0.5, 0.6) is 11.5 Å². The largest absolute Gasteiger partial charge is 0.493 e. The summed E-state index contributed by atoms with van der Waals surface area (Å²) >= 11 is 6.31. The fraction of sp³-hybridized carbons (Fsp3) is 0.182. The molecule has 0 saturated carbocycles. The van der Waals surface area contributed by atoms with Crippen LogP contribution in [-0.4, -0.2) is 33.7 Å². The molecule has 9 heteroatoms. The van der Waals surface area contributed by atoms with E-state index in [0.717, 1.165) is 5.56 Å². The number of pyridine rings is 2. The molecule has 0 aliphatic heterocycles. The van der Waals surface area contributed by atoms with Crippen molar-refractivity contribution < 1.29 is 9.47 Å². The molecule has 3 aromatic heterocycles. The zero-order valence-corrected chi connectivity index (χ0v) is 17.8. The van der Waals surface area contributed by atoms with Crippen LogP contribution in [0, 0.1) is 0 Å². The number of rotatable bonds is 6. The van der Waals surface area contributed by atoms with Crippen LogP contribution in [0.25, 0.3) is 11.0 Å². The molecule has 1 aromatic carbocycles. The summed E-state index contributed by atoms with van der Waals surface area (Å²) in [7, 11) is 3.11. The SMILES string of the molecule is COc1cnc(Cn2cc(Cc3ccccc3)c(=O)c3c(Cl)nc(N)nc32)cc1OC. The second-order valence-electron chi connectivity index (χ2n) is 6.88. The minimum atomic E-state index is -0.222. The van der Waals surface area contributed by atoms with Crippen LogP contribution >= 0.6 is 11.6 Å². The van der Waals surface area contributed by atoms with E-state index >= 15 is 0 Å². The van der Waals surface area contributed by atoms with Crippen molar-refractivity contribution in [3.63, 3.8) is 0 Å². The Balaban J connectivity index is 1.87. The van der Waals surface area contributed by atoms with Crippen LogP contribution < -0.4 is 20.6 Å². The zero-order valence-electron chi connectivity index (χ0n) is 17.0. The fourth-order valence-electron chi connectivity index (χ4n) is 3.41. The van der Waals surface area contributed by atoms with Gasteiger partial charge in [0.15, 0.2) is 22.6 Å². The Morgan fingerprint density at radius 3 is 2.55 bits per heavy atom. The third kappa shape index (κ3) is 4.15. The summed E-state index contributed by atoms with van der Waals surface area (Å²) in [6.07, 6.45) is 3.79. The molecule has 0 atom stereocenters. The van der Waals surface area contributed by atoms with Gasteiger partial charge in [-0.05, 0) is 5.56 Å². The highest BCUT2D eigenvalue weighted by atomic mass is 35.5. The van der Waals surface area contributed by atoms with Crippen LogP contribution in [0.2, 0.25) is 5.15 Å². The van der Waals surface area contributed by atoms with Crippen LogP contribution in [0.15, 0.2) is 53.6 Å². The van der Waals surface area contributed by atoms with Gasteiger partial charge in [-0.2, -0.15) is 4.98 Å². The summed E-state index contributed by atoms with van der Waals surface area (Å²) in [6.45, 7) is 0.311. The predicted molar refractivity (Wildman–Crippen MR) is 119 cm³/mol. The number of halogens is 1. The molecule has 0 aliphatic rings. The highest BCUT2D eigenvalue weighted by Crippen LogP contribution is 2.27. The van der Waals surface area contributed by atoms with E-state index in [1.54, 1.807) is 37.2 Å². The van der Waals surface area contributed by atoms with E-state index in [4.69, 9.17) is 26.8 Å². The van der Waals surface area contributed by atoms with E-state index in [1.807, 2.05) is 30.3 Å². The van der Waals surface area contributed by atoms with Gasteiger partial charge in [0.25, 0.3) is 0 Å². The molecular formula is C22H20ClN5O3. The summed E-state index contributed by atoms with van der Waals surface area (Å²) in [5.41, 5.74) is 8.18. The Labute approximate surface area is 183 Å². The van der Waals surface area contributed by atoms with Crippen LogP contribution in [0.1, 0.15) is 16.8 Å². The Morgan fingerprint density at radius 1 is 1.10 bits per heavy atom. The van der Waals surface area contributed by atoms with Gasteiger partial charge in [0.05, 0.1) is 32.7 Å². The van der Waals surface area contributed by atoms with Crippen LogP contribution in [0.3, 0.4) is 0 Å². The lowest BCUT2D eigenvalue weighted by molar-refractivity contribution is 0.352. The maximum atomic E-state index is 13.2. The number of hydrogen-bond donors (Lipinski definition) is 1. The Hall–Kier alpha value is -3.65. The molecule has 2 N–H and O–H groups in total. The molecule has 0 fully saturated rings. The van der Waals surface area contributed by atoms with Gasteiger partial charge >= 0.3 is 0 Å². The minimum absolute atomic E-state index is 0.0123. The van der Waals surface area contributed by atoms with Crippen molar-refractivity contribution in [2.45, 2.75) is 13.0 Å². The fourth-order valence-corrected chi connectivity index (χ4v) is 3.67. The second kappa shape index (κ2) is 8.61. The van der Waals surface area contributed by atoms with Gasteiger partial charge in [-0.1, -0.05) is 41.9 Å². The van der Waals surface area contributed by atoms with Crippen molar-refractivity contribution in [1.82, 2.24) is 19.5 Å². The average Bonchev–Trinajstić information content (AvgIpc) is 2.77. The second-order valence-corrected chi connectivity index (χ2v) is 7.23. The first-order valence-corrected chi connectivity index (χ1v) is 9.83. The molecule has 3 heterocycles. The smallest absolute Gasteiger partial charge is 0.223 e. The maximum absolute atomic E-state index is 13.2. The number of methoxy groups -OCH3 is 2. The molecule has 4 rings (SSSR count). The molecule has 0 spiro atoms. The van der Waals surface area contributed by atoms with Gasteiger partial charge in [0.1, 0.15) is 10.5 Å². The molecule has 158 valence electrons. The number of benzene rings is 1. The number of anilines is 1. The highest BCUT2D eigenvalue weighted by Gasteiger charge is 2.17.